The number of hydrogen-bond donors (Lipinski definition) is 2. The average molecular weight is 368 g/mol. The number of carbonyl (C=O) groups excluding carboxylic acids is 2. The van der Waals surface area contributed by atoms with Crippen molar-refractivity contribution in [2.45, 2.75) is 12.8 Å². The molecule has 27 heavy (non-hydrogen) atoms. The van der Waals surface area contributed by atoms with Gasteiger partial charge in [-0.05, 0) is 30.7 Å². The second-order valence-electron chi connectivity index (χ2n) is 5.90. The van der Waals surface area contributed by atoms with Crippen molar-refractivity contribution in [1.82, 2.24) is 5.43 Å². The number of aromatic hydroxyl groups is 1. The first-order chi connectivity index (χ1) is 13.0. The Labute approximate surface area is 154 Å². The molecule has 2 aromatic rings. The number of nitro groups is 1. The lowest BCUT2D eigenvalue weighted by atomic mass is 10.2. The van der Waals surface area contributed by atoms with Gasteiger partial charge in [-0.3, -0.25) is 19.7 Å². The Kier molecular flexibility index (Phi) is 5.11. The number of nitro benzene ring substituents is 1. The van der Waals surface area contributed by atoms with E-state index in [1.165, 1.54) is 6.07 Å². The fraction of sp³-hybridized carbons (Fsp3) is 0.167. The summed E-state index contributed by atoms with van der Waals surface area (Å²) in [5.41, 5.74) is 3.15. The lowest BCUT2D eigenvalue weighted by Gasteiger charge is -2.16. The lowest BCUT2D eigenvalue weighted by Crippen LogP contribution is -2.24. The first kappa shape index (κ1) is 18.1. The number of hydrazone groups is 1. The zero-order valence-electron chi connectivity index (χ0n) is 14.2. The van der Waals surface area contributed by atoms with Crippen LogP contribution in [0.3, 0.4) is 0 Å². The average Bonchev–Trinajstić information content (AvgIpc) is 3.09. The number of nitrogens with one attached hydrogen (secondary N) is 1. The normalized spacial score (nSPS) is 13.9. The van der Waals surface area contributed by atoms with Gasteiger partial charge in [0.05, 0.1) is 11.1 Å². The molecule has 2 N–H and O–H groups in total. The van der Waals surface area contributed by atoms with E-state index in [2.05, 4.69) is 10.5 Å². The number of phenols is 1. The second-order valence-corrected chi connectivity index (χ2v) is 5.90. The van der Waals surface area contributed by atoms with Gasteiger partial charge in [-0.25, -0.2) is 5.43 Å². The van der Waals surface area contributed by atoms with Gasteiger partial charge in [0.1, 0.15) is 5.75 Å². The van der Waals surface area contributed by atoms with Gasteiger partial charge in [0.15, 0.2) is 0 Å². The van der Waals surface area contributed by atoms with E-state index in [1.807, 2.05) is 0 Å². The number of carbonyl (C=O) groups is 2. The lowest BCUT2D eigenvalue weighted by molar-refractivity contribution is -0.384. The summed E-state index contributed by atoms with van der Waals surface area (Å²) < 4.78 is 0. The number of nitrogens with zero attached hydrogens (tertiary/aromatic N) is 3. The van der Waals surface area contributed by atoms with Crippen LogP contribution in [0.25, 0.3) is 0 Å². The topological polar surface area (TPSA) is 125 Å². The third-order valence-corrected chi connectivity index (χ3v) is 4.09. The molecule has 9 nitrogen and oxygen atoms in total. The van der Waals surface area contributed by atoms with Crippen LogP contribution < -0.4 is 10.3 Å². The molecule has 1 aliphatic heterocycles. The zero-order chi connectivity index (χ0) is 19.4. The van der Waals surface area contributed by atoms with E-state index >= 15 is 0 Å². The van der Waals surface area contributed by atoms with E-state index in [0.29, 0.717) is 24.2 Å². The number of benzene rings is 2. The van der Waals surface area contributed by atoms with Crippen LogP contribution in [0, 0.1) is 10.1 Å². The van der Waals surface area contributed by atoms with Crippen molar-refractivity contribution in [2.24, 2.45) is 5.10 Å². The number of hydrogen-bond acceptors (Lipinski definition) is 6. The highest BCUT2D eigenvalue weighted by Crippen LogP contribution is 2.23. The maximum absolute atomic E-state index is 12.2. The Morgan fingerprint density at radius 1 is 1.30 bits per heavy atom. The number of non-ortho nitro benzene ring substituents is 1. The summed E-state index contributed by atoms with van der Waals surface area (Å²) in [4.78, 5) is 35.9. The third kappa shape index (κ3) is 4.09. The predicted octanol–water partition coefficient (Wildman–Crippen LogP) is 2.19. The van der Waals surface area contributed by atoms with Crippen molar-refractivity contribution in [3.63, 3.8) is 0 Å². The van der Waals surface area contributed by atoms with Crippen LogP contribution >= 0.6 is 0 Å². The van der Waals surface area contributed by atoms with Crippen LogP contribution in [0.5, 0.6) is 5.75 Å². The van der Waals surface area contributed by atoms with Crippen LogP contribution in [0.2, 0.25) is 0 Å². The summed E-state index contributed by atoms with van der Waals surface area (Å²) in [6, 6.07) is 10.1. The Hall–Kier alpha value is -3.75. The van der Waals surface area contributed by atoms with Gasteiger partial charge in [0, 0.05) is 41.9 Å². The molecule has 0 saturated carbocycles. The van der Waals surface area contributed by atoms with E-state index in [9.17, 15) is 24.8 Å². The maximum Gasteiger partial charge on any atom is 0.271 e. The van der Waals surface area contributed by atoms with E-state index in [0.717, 1.165) is 24.8 Å². The minimum Gasteiger partial charge on any atom is -0.507 e. The molecule has 1 saturated heterocycles. The minimum atomic E-state index is -0.597. The Bertz CT molecular complexity index is 941. The SMILES string of the molecule is O=C(NN=Cc1cc([N+](=O)[O-])ccc1O)c1cccc(N2CCCC2=O)c1. The fourth-order valence-electron chi connectivity index (χ4n) is 2.72. The van der Waals surface area contributed by atoms with Crippen molar-refractivity contribution in [2.75, 3.05) is 11.4 Å². The molecule has 0 aliphatic carbocycles. The summed E-state index contributed by atoms with van der Waals surface area (Å²) in [5.74, 6) is -0.690. The van der Waals surface area contributed by atoms with E-state index in [-0.39, 0.29) is 22.9 Å². The van der Waals surface area contributed by atoms with Crippen molar-refractivity contribution in [3.8, 4) is 5.75 Å². The molecule has 1 fully saturated rings. The summed E-state index contributed by atoms with van der Waals surface area (Å²) in [7, 11) is 0. The van der Waals surface area contributed by atoms with Gasteiger partial charge in [0.2, 0.25) is 5.91 Å². The van der Waals surface area contributed by atoms with Gasteiger partial charge < -0.3 is 10.0 Å². The Morgan fingerprint density at radius 2 is 2.11 bits per heavy atom. The highest BCUT2D eigenvalue weighted by atomic mass is 16.6. The molecule has 3 rings (SSSR count). The predicted molar refractivity (Wildman–Crippen MR) is 97.9 cm³/mol. The number of anilines is 1. The first-order valence-electron chi connectivity index (χ1n) is 8.17. The largest absolute Gasteiger partial charge is 0.507 e. The monoisotopic (exact) mass is 368 g/mol. The summed E-state index contributed by atoms with van der Waals surface area (Å²) in [6.07, 6.45) is 2.40. The molecule has 2 amide bonds. The van der Waals surface area contributed by atoms with Gasteiger partial charge >= 0.3 is 0 Å². The number of rotatable bonds is 5. The molecule has 138 valence electrons. The third-order valence-electron chi connectivity index (χ3n) is 4.09. The number of phenolic OH excluding ortho intramolecular Hbond substituents is 1. The zero-order valence-corrected chi connectivity index (χ0v) is 14.2. The van der Waals surface area contributed by atoms with Crippen LogP contribution in [0.1, 0.15) is 28.8 Å². The molecule has 0 atom stereocenters. The molecule has 9 heteroatoms. The quantitative estimate of drug-likeness (QED) is 0.475. The second kappa shape index (κ2) is 7.65. The molecular formula is C18H16N4O5. The van der Waals surface area contributed by atoms with E-state index in [1.54, 1.807) is 29.2 Å². The molecule has 0 bridgehead atoms. The molecule has 1 heterocycles. The maximum atomic E-state index is 12.2. The summed E-state index contributed by atoms with van der Waals surface area (Å²) in [5, 5.41) is 24.2. The summed E-state index contributed by atoms with van der Waals surface area (Å²) >= 11 is 0. The standard InChI is InChI=1S/C18H16N4O5/c23-16-7-6-15(22(26)27)10-13(16)11-19-20-18(25)12-3-1-4-14(9-12)21-8-2-5-17(21)24/h1,3-4,6-7,9-11,23H,2,5,8H2,(H,20,25). The van der Waals surface area contributed by atoms with Crippen molar-refractivity contribution in [1.29, 1.82) is 0 Å². The van der Waals surface area contributed by atoms with Crippen molar-refractivity contribution < 1.29 is 19.6 Å². The smallest absolute Gasteiger partial charge is 0.271 e. The van der Waals surface area contributed by atoms with Gasteiger partial charge in [-0.2, -0.15) is 5.10 Å². The van der Waals surface area contributed by atoms with Crippen LogP contribution in [-0.4, -0.2) is 34.6 Å². The highest BCUT2D eigenvalue weighted by molar-refractivity contribution is 5.99. The Morgan fingerprint density at radius 3 is 2.81 bits per heavy atom. The van der Waals surface area contributed by atoms with Crippen molar-refractivity contribution in [3.05, 3.63) is 63.7 Å². The van der Waals surface area contributed by atoms with E-state index in [4.69, 9.17) is 0 Å². The van der Waals surface area contributed by atoms with Gasteiger partial charge in [-0.15, -0.1) is 0 Å². The molecular weight excluding hydrogens is 352 g/mol. The molecule has 0 radical (unpaired) electrons. The molecule has 1 aliphatic rings. The minimum absolute atomic E-state index is 0.0201. The van der Waals surface area contributed by atoms with Gasteiger partial charge in [-0.1, -0.05) is 6.07 Å². The molecule has 0 aromatic heterocycles. The fourth-order valence-corrected chi connectivity index (χ4v) is 2.72. The highest BCUT2D eigenvalue weighted by Gasteiger charge is 2.22. The molecule has 2 aromatic carbocycles. The van der Waals surface area contributed by atoms with E-state index < -0.39 is 10.8 Å². The Balaban J connectivity index is 1.71. The number of amides is 2. The van der Waals surface area contributed by atoms with Crippen molar-refractivity contribution >= 4 is 29.4 Å². The van der Waals surface area contributed by atoms with Gasteiger partial charge in [0.25, 0.3) is 11.6 Å². The van der Waals surface area contributed by atoms with Crippen LogP contribution in [0.4, 0.5) is 11.4 Å². The summed E-state index contributed by atoms with van der Waals surface area (Å²) in [6.45, 7) is 0.619. The first-order valence-corrected chi connectivity index (χ1v) is 8.17. The molecule has 0 spiro atoms. The molecule has 0 unspecified atom stereocenters. The van der Waals surface area contributed by atoms with Crippen LogP contribution in [0.15, 0.2) is 47.6 Å². The van der Waals surface area contributed by atoms with Crippen LogP contribution in [-0.2, 0) is 4.79 Å².